The Morgan fingerprint density at radius 3 is 2.75 bits per heavy atom. The van der Waals surface area contributed by atoms with Crippen LogP contribution >= 0.6 is 0 Å². The van der Waals surface area contributed by atoms with E-state index < -0.39 is 0 Å². The molecule has 8 heavy (non-hydrogen) atoms. The van der Waals surface area contributed by atoms with Crippen LogP contribution in [0.4, 0.5) is 0 Å². The zero-order valence-electron chi connectivity index (χ0n) is 5.23. The maximum Gasteiger partial charge on any atom is 0.112 e. The van der Waals surface area contributed by atoms with Crippen molar-refractivity contribution in [2.24, 2.45) is 4.99 Å². The van der Waals surface area contributed by atoms with E-state index in [9.17, 15) is 0 Å². The van der Waals surface area contributed by atoms with Gasteiger partial charge in [-0.2, -0.15) is 0 Å². The molecule has 0 fully saturated rings. The van der Waals surface area contributed by atoms with Gasteiger partial charge in [-0.25, -0.2) is 10.4 Å². The SMILES string of the molecule is C=CN=C(C)NNC. The molecule has 0 saturated heterocycles. The van der Waals surface area contributed by atoms with Crippen molar-refractivity contribution >= 4 is 5.84 Å². The average molecular weight is 113 g/mol. The molecule has 3 nitrogen and oxygen atoms in total. The minimum absolute atomic E-state index is 0.808. The van der Waals surface area contributed by atoms with Gasteiger partial charge in [0.2, 0.25) is 0 Å². The van der Waals surface area contributed by atoms with E-state index in [1.54, 1.807) is 7.05 Å². The molecule has 0 unspecified atom stereocenters. The molecule has 0 bridgehead atoms. The number of hydrazine groups is 1. The summed E-state index contributed by atoms with van der Waals surface area (Å²) in [5, 5.41) is 0. The van der Waals surface area contributed by atoms with E-state index in [-0.39, 0.29) is 0 Å². The van der Waals surface area contributed by atoms with Crippen molar-refractivity contribution in [3.63, 3.8) is 0 Å². The number of hydrogen-bond donors (Lipinski definition) is 2. The van der Waals surface area contributed by atoms with Crippen LogP contribution in [0.15, 0.2) is 17.8 Å². The molecule has 46 valence electrons. The second-order valence-electron chi connectivity index (χ2n) is 1.27. The molecule has 0 aliphatic heterocycles. The Bertz CT molecular complexity index is 95.8. The Kier molecular flexibility index (Phi) is 3.88. The maximum absolute atomic E-state index is 3.82. The summed E-state index contributed by atoms with van der Waals surface area (Å²) in [5.41, 5.74) is 5.50. The number of rotatable bonds is 2. The van der Waals surface area contributed by atoms with E-state index in [0.29, 0.717) is 0 Å². The van der Waals surface area contributed by atoms with Gasteiger partial charge in [0, 0.05) is 13.2 Å². The van der Waals surface area contributed by atoms with Crippen LogP contribution in [0.5, 0.6) is 0 Å². The van der Waals surface area contributed by atoms with Gasteiger partial charge in [-0.1, -0.05) is 6.58 Å². The summed E-state index contributed by atoms with van der Waals surface area (Å²) < 4.78 is 0. The molecule has 0 saturated carbocycles. The van der Waals surface area contributed by atoms with Crippen LogP contribution in [0.1, 0.15) is 6.92 Å². The smallest absolute Gasteiger partial charge is 0.112 e. The third kappa shape index (κ3) is 3.36. The number of hydrogen-bond acceptors (Lipinski definition) is 2. The summed E-state index contributed by atoms with van der Waals surface area (Å²) in [6.07, 6.45) is 1.49. The second kappa shape index (κ2) is 4.33. The molecule has 0 atom stereocenters. The highest BCUT2D eigenvalue weighted by Gasteiger charge is 1.77. The number of nitrogens with one attached hydrogen (secondary N) is 2. The molecule has 0 aliphatic rings. The van der Waals surface area contributed by atoms with Crippen molar-refractivity contribution < 1.29 is 0 Å². The second-order valence-corrected chi connectivity index (χ2v) is 1.27. The Labute approximate surface area is 49.5 Å². The van der Waals surface area contributed by atoms with Gasteiger partial charge in [-0.15, -0.1) is 0 Å². The molecule has 0 aromatic heterocycles. The molecule has 0 aromatic rings. The van der Waals surface area contributed by atoms with Gasteiger partial charge in [-0.3, -0.25) is 0 Å². The summed E-state index contributed by atoms with van der Waals surface area (Å²) in [6.45, 7) is 5.27. The Hall–Kier alpha value is -0.830. The predicted octanol–water partition coefficient (Wildman–Crippen LogP) is 0.272. The topological polar surface area (TPSA) is 36.4 Å². The first-order valence-corrected chi connectivity index (χ1v) is 2.39. The fourth-order valence-corrected chi connectivity index (χ4v) is 0.350. The molecule has 3 heteroatoms. The fourth-order valence-electron chi connectivity index (χ4n) is 0.350. The zero-order chi connectivity index (χ0) is 6.41. The number of nitrogens with zero attached hydrogens (tertiary/aromatic N) is 1. The van der Waals surface area contributed by atoms with Crippen LogP contribution in [0, 0.1) is 0 Å². The molecule has 0 aliphatic carbocycles. The van der Waals surface area contributed by atoms with E-state index in [1.165, 1.54) is 6.20 Å². The van der Waals surface area contributed by atoms with Crippen molar-refractivity contribution in [3.05, 3.63) is 12.8 Å². The van der Waals surface area contributed by atoms with Crippen LogP contribution < -0.4 is 10.9 Å². The van der Waals surface area contributed by atoms with E-state index in [4.69, 9.17) is 0 Å². The van der Waals surface area contributed by atoms with Crippen molar-refractivity contribution in [2.75, 3.05) is 7.05 Å². The predicted molar refractivity (Wildman–Crippen MR) is 35.5 cm³/mol. The van der Waals surface area contributed by atoms with E-state index in [1.807, 2.05) is 6.92 Å². The van der Waals surface area contributed by atoms with Crippen molar-refractivity contribution in [1.29, 1.82) is 0 Å². The van der Waals surface area contributed by atoms with Crippen LogP contribution in [0.2, 0.25) is 0 Å². The first kappa shape index (κ1) is 7.17. The molecule has 0 aromatic carbocycles. The normalized spacial score (nSPS) is 11.0. The van der Waals surface area contributed by atoms with Gasteiger partial charge in [0.15, 0.2) is 0 Å². The Morgan fingerprint density at radius 2 is 2.38 bits per heavy atom. The lowest BCUT2D eigenvalue weighted by atomic mass is 10.7. The van der Waals surface area contributed by atoms with Crippen molar-refractivity contribution in [2.45, 2.75) is 6.92 Å². The number of amidine groups is 1. The third-order valence-electron chi connectivity index (χ3n) is 0.591. The zero-order valence-corrected chi connectivity index (χ0v) is 5.23. The molecule has 0 spiro atoms. The summed E-state index contributed by atoms with van der Waals surface area (Å²) in [7, 11) is 1.78. The van der Waals surface area contributed by atoms with Crippen LogP contribution in [0.3, 0.4) is 0 Å². The molecule has 0 amide bonds. The monoisotopic (exact) mass is 113 g/mol. The highest BCUT2D eigenvalue weighted by molar-refractivity contribution is 5.79. The lowest BCUT2D eigenvalue weighted by molar-refractivity contribution is 0.765. The maximum atomic E-state index is 3.82. The number of aliphatic imine (C=N–C) groups is 1. The van der Waals surface area contributed by atoms with Gasteiger partial charge >= 0.3 is 0 Å². The van der Waals surface area contributed by atoms with Gasteiger partial charge in [0.1, 0.15) is 5.84 Å². The minimum Gasteiger partial charge on any atom is -0.310 e. The lowest BCUT2D eigenvalue weighted by Gasteiger charge is -1.98. The van der Waals surface area contributed by atoms with E-state index in [2.05, 4.69) is 22.4 Å². The van der Waals surface area contributed by atoms with Crippen LogP contribution in [-0.4, -0.2) is 12.9 Å². The third-order valence-corrected chi connectivity index (χ3v) is 0.591. The Morgan fingerprint density at radius 1 is 1.75 bits per heavy atom. The molecular formula is C5H11N3. The molecule has 0 radical (unpaired) electrons. The summed E-state index contributed by atoms with van der Waals surface area (Å²) in [6, 6.07) is 0. The molecule has 0 rings (SSSR count). The van der Waals surface area contributed by atoms with Crippen LogP contribution in [-0.2, 0) is 0 Å². The fraction of sp³-hybridized carbons (Fsp3) is 0.400. The average Bonchev–Trinajstić information content (AvgIpc) is 1.68. The van der Waals surface area contributed by atoms with Gasteiger partial charge in [0.25, 0.3) is 0 Å². The van der Waals surface area contributed by atoms with Crippen molar-refractivity contribution in [1.82, 2.24) is 10.9 Å². The summed E-state index contributed by atoms with van der Waals surface area (Å²) in [4.78, 5) is 3.82. The van der Waals surface area contributed by atoms with Crippen molar-refractivity contribution in [3.8, 4) is 0 Å². The largest absolute Gasteiger partial charge is 0.310 e. The Balaban J connectivity index is 3.44. The first-order valence-electron chi connectivity index (χ1n) is 2.39. The van der Waals surface area contributed by atoms with Crippen LogP contribution in [0.25, 0.3) is 0 Å². The van der Waals surface area contributed by atoms with E-state index in [0.717, 1.165) is 5.84 Å². The van der Waals surface area contributed by atoms with Gasteiger partial charge < -0.3 is 5.43 Å². The highest BCUT2D eigenvalue weighted by Crippen LogP contribution is 1.68. The van der Waals surface area contributed by atoms with E-state index >= 15 is 0 Å². The first-order chi connectivity index (χ1) is 3.81. The van der Waals surface area contributed by atoms with Gasteiger partial charge in [0.05, 0.1) is 0 Å². The standard InChI is InChI=1S/C5H11N3/c1-4-7-5(2)8-6-3/h4,6H,1H2,2-3H3,(H,7,8). The van der Waals surface area contributed by atoms with Gasteiger partial charge in [-0.05, 0) is 6.92 Å². The highest BCUT2D eigenvalue weighted by atomic mass is 15.4. The lowest BCUT2D eigenvalue weighted by Crippen LogP contribution is -2.31. The minimum atomic E-state index is 0.808. The summed E-state index contributed by atoms with van der Waals surface area (Å²) >= 11 is 0. The molecular weight excluding hydrogens is 102 g/mol. The molecule has 0 heterocycles. The molecule has 2 N–H and O–H groups in total. The summed E-state index contributed by atoms with van der Waals surface area (Å²) in [5.74, 6) is 0.808. The quantitative estimate of drug-likeness (QED) is 0.306.